The molecule has 0 amide bonds. The van der Waals surface area contributed by atoms with E-state index in [0.717, 1.165) is 32.6 Å². The van der Waals surface area contributed by atoms with Gasteiger partial charge in [0.05, 0.1) is 13.2 Å². The molecule has 1 saturated heterocycles. The molecule has 0 saturated carbocycles. The Balaban J connectivity index is 2.19. The van der Waals surface area contributed by atoms with E-state index in [1.807, 2.05) is 6.08 Å². The first-order valence-electron chi connectivity index (χ1n) is 4.41. The van der Waals surface area contributed by atoms with E-state index in [0.29, 0.717) is 6.04 Å². The Hall–Kier alpha value is -0.600. The van der Waals surface area contributed by atoms with Gasteiger partial charge in [-0.05, 0) is 12.8 Å². The first-order chi connectivity index (χ1) is 5.83. The number of morpholine rings is 1. The van der Waals surface area contributed by atoms with Gasteiger partial charge in [-0.1, -0.05) is 18.2 Å². The zero-order valence-corrected chi connectivity index (χ0v) is 7.51. The van der Waals surface area contributed by atoms with Crippen molar-refractivity contribution in [3.05, 3.63) is 24.8 Å². The first-order valence-corrected chi connectivity index (χ1v) is 4.41. The molecule has 1 fully saturated rings. The summed E-state index contributed by atoms with van der Waals surface area (Å²) in [4.78, 5) is 0. The van der Waals surface area contributed by atoms with E-state index in [9.17, 15) is 0 Å². The largest absolute Gasteiger partial charge is 0.379 e. The van der Waals surface area contributed by atoms with Crippen LogP contribution in [0, 0.1) is 0 Å². The summed E-state index contributed by atoms with van der Waals surface area (Å²) >= 11 is 0. The molecule has 12 heavy (non-hydrogen) atoms. The predicted molar refractivity (Wildman–Crippen MR) is 51.2 cm³/mol. The van der Waals surface area contributed by atoms with Gasteiger partial charge in [0.1, 0.15) is 0 Å². The third-order valence-electron chi connectivity index (χ3n) is 1.97. The maximum atomic E-state index is 5.33. The fourth-order valence-corrected chi connectivity index (χ4v) is 1.39. The second-order valence-electron chi connectivity index (χ2n) is 3.17. The summed E-state index contributed by atoms with van der Waals surface area (Å²) in [5.74, 6) is 0. The van der Waals surface area contributed by atoms with Crippen LogP contribution in [0.2, 0.25) is 0 Å². The summed E-state index contributed by atoms with van der Waals surface area (Å²) in [6.07, 6.45) is 3.82. The minimum atomic E-state index is 0.464. The summed E-state index contributed by atoms with van der Waals surface area (Å²) in [5, 5.41) is 3.39. The van der Waals surface area contributed by atoms with Crippen LogP contribution in [0.4, 0.5) is 0 Å². The fourth-order valence-electron chi connectivity index (χ4n) is 1.39. The van der Waals surface area contributed by atoms with Crippen LogP contribution >= 0.6 is 0 Å². The minimum absolute atomic E-state index is 0.464. The SMILES string of the molecule is C=CCC(=C)CC1COCCN1. The lowest BCUT2D eigenvalue weighted by Gasteiger charge is -2.24. The second kappa shape index (κ2) is 5.12. The lowest BCUT2D eigenvalue weighted by Crippen LogP contribution is -2.41. The van der Waals surface area contributed by atoms with Gasteiger partial charge in [0.25, 0.3) is 0 Å². The summed E-state index contributed by atoms with van der Waals surface area (Å²) in [6, 6.07) is 0.464. The molecular weight excluding hydrogens is 150 g/mol. The Morgan fingerprint density at radius 3 is 3.08 bits per heavy atom. The Labute approximate surface area is 74.3 Å². The zero-order chi connectivity index (χ0) is 8.81. The summed E-state index contributed by atoms with van der Waals surface area (Å²) in [6.45, 7) is 10.3. The molecule has 0 spiro atoms. The van der Waals surface area contributed by atoms with Gasteiger partial charge >= 0.3 is 0 Å². The summed E-state index contributed by atoms with van der Waals surface area (Å²) < 4.78 is 5.33. The summed E-state index contributed by atoms with van der Waals surface area (Å²) in [5.41, 5.74) is 1.23. The Morgan fingerprint density at radius 1 is 1.67 bits per heavy atom. The quantitative estimate of drug-likeness (QED) is 0.641. The molecule has 0 aromatic carbocycles. The number of rotatable bonds is 4. The van der Waals surface area contributed by atoms with Crippen LogP contribution in [0.15, 0.2) is 24.8 Å². The molecule has 2 nitrogen and oxygen atoms in total. The topological polar surface area (TPSA) is 21.3 Å². The van der Waals surface area contributed by atoms with Crippen molar-refractivity contribution < 1.29 is 4.74 Å². The molecule has 0 radical (unpaired) electrons. The van der Waals surface area contributed by atoms with Crippen molar-refractivity contribution in [1.29, 1.82) is 0 Å². The molecule has 2 heteroatoms. The molecule has 1 heterocycles. The van der Waals surface area contributed by atoms with Crippen molar-refractivity contribution in [2.45, 2.75) is 18.9 Å². The van der Waals surface area contributed by atoms with Crippen LogP contribution in [-0.2, 0) is 4.74 Å². The van der Waals surface area contributed by atoms with Gasteiger partial charge in [-0.25, -0.2) is 0 Å². The molecule has 1 unspecified atom stereocenters. The van der Waals surface area contributed by atoms with Crippen molar-refractivity contribution in [1.82, 2.24) is 5.32 Å². The van der Waals surface area contributed by atoms with Crippen molar-refractivity contribution in [3.8, 4) is 0 Å². The van der Waals surface area contributed by atoms with E-state index in [-0.39, 0.29) is 0 Å². The zero-order valence-electron chi connectivity index (χ0n) is 7.51. The highest BCUT2D eigenvalue weighted by atomic mass is 16.5. The monoisotopic (exact) mass is 167 g/mol. The fraction of sp³-hybridized carbons (Fsp3) is 0.600. The Morgan fingerprint density at radius 2 is 2.50 bits per heavy atom. The maximum Gasteiger partial charge on any atom is 0.0623 e. The molecule has 1 rings (SSSR count). The molecular formula is C10H17NO. The average molecular weight is 167 g/mol. The molecule has 1 atom stereocenters. The van der Waals surface area contributed by atoms with Gasteiger partial charge in [0.2, 0.25) is 0 Å². The van der Waals surface area contributed by atoms with Gasteiger partial charge in [-0.3, -0.25) is 0 Å². The lowest BCUT2D eigenvalue weighted by molar-refractivity contribution is 0.0769. The molecule has 0 aromatic heterocycles. The maximum absolute atomic E-state index is 5.33. The first kappa shape index (κ1) is 9.49. The normalized spacial score (nSPS) is 23.5. The van der Waals surface area contributed by atoms with E-state index in [2.05, 4.69) is 18.5 Å². The molecule has 1 aliphatic rings. The molecule has 0 bridgehead atoms. The number of hydrogen-bond acceptors (Lipinski definition) is 2. The van der Waals surface area contributed by atoms with Gasteiger partial charge in [-0.2, -0.15) is 0 Å². The highest BCUT2D eigenvalue weighted by Crippen LogP contribution is 2.09. The number of nitrogens with one attached hydrogen (secondary N) is 1. The van der Waals surface area contributed by atoms with Gasteiger partial charge in [-0.15, -0.1) is 6.58 Å². The molecule has 0 aromatic rings. The molecule has 1 N–H and O–H groups in total. The predicted octanol–water partition coefficient (Wildman–Crippen LogP) is 1.50. The molecule has 0 aliphatic carbocycles. The minimum Gasteiger partial charge on any atom is -0.379 e. The van der Waals surface area contributed by atoms with E-state index in [4.69, 9.17) is 4.74 Å². The standard InChI is InChI=1S/C10H17NO/c1-3-4-9(2)7-10-8-12-6-5-11-10/h3,10-11H,1-2,4-8H2. The Kier molecular flexibility index (Phi) is 4.05. The molecule has 1 aliphatic heterocycles. The number of hydrogen-bond donors (Lipinski definition) is 1. The van der Waals surface area contributed by atoms with Crippen molar-refractivity contribution >= 4 is 0 Å². The smallest absolute Gasteiger partial charge is 0.0623 e. The van der Waals surface area contributed by atoms with Crippen LogP contribution in [0.1, 0.15) is 12.8 Å². The van der Waals surface area contributed by atoms with Crippen LogP contribution in [0.5, 0.6) is 0 Å². The summed E-state index contributed by atoms with van der Waals surface area (Å²) in [7, 11) is 0. The van der Waals surface area contributed by atoms with E-state index >= 15 is 0 Å². The second-order valence-corrected chi connectivity index (χ2v) is 3.17. The average Bonchev–Trinajstić information content (AvgIpc) is 2.06. The third kappa shape index (κ3) is 3.20. The van der Waals surface area contributed by atoms with Crippen LogP contribution < -0.4 is 5.32 Å². The van der Waals surface area contributed by atoms with Crippen LogP contribution in [0.3, 0.4) is 0 Å². The van der Waals surface area contributed by atoms with Crippen molar-refractivity contribution in [3.63, 3.8) is 0 Å². The van der Waals surface area contributed by atoms with Crippen molar-refractivity contribution in [2.24, 2.45) is 0 Å². The number of allylic oxidation sites excluding steroid dienone is 1. The van der Waals surface area contributed by atoms with Gasteiger partial charge in [0.15, 0.2) is 0 Å². The van der Waals surface area contributed by atoms with Crippen molar-refractivity contribution in [2.75, 3.05) is 19.8 Å². The molecule has 68 valence electrons. The van der Waals surface area contributed by atoms with Gasteiger partial charge in [0, 0.05) is 12.6 Å². The van der Waals surface area contributed by atoms with E-state index in [1.54, 1.807) is 0 Å². The van der Waals surface area contributed by atoms with Gasteiger partial charge < -0.3 is 10.1 Å². The van der Waals surface area contributed by atoms with E-state index < -0.39 is 0 Å². The Bertz CT molecular complexity index is 159. The third-order valence-corrected chi connectivity index (χ3v) is 1.97. The highest BCUT2D eigenvalue weighted by molar-refractivity contribution is 5.02. The van der Waals surface area contributed by atoms with Crippen LogP contribution in [0.25, 0.3) is 0 Å². The van der Waals surface area contributed by atoms with E-state index in [1.165, 1.54) is 5.57 Å². The number of ether oxygens (including phenoxy) is 1. The lowest BCUT2D eigenvalue weighted by atomic mass is 10.1. The highest BCUT2D eigenvalue weighted by Gasteiger charge is 2.12. The van der Waals surface area contributed by atoms with Crippen LogP contribution in [-0.4, -0.2) is 25.8 Å².